The van der Waals surface area contributed by atoms with Gasteiger partial charge in [0.25, 0.3) is 0 Å². The van der Waals surface area contributed by atoms with Crippen molar-refractivity contribution < 1.29 is 0 Å². The number of rotatable bonds is 2. The van der Waals surface area contributed by atoms with Gasteiger partial charge in [-0.15, -0.1) is 0 Å². The van der Waals surface area contributed by atoms with E-state index in [0.29, 0.717) is 15.7 Å². The van der Waals surface area contributed by atoms with E-state index in [1.807, 2.05) is 0 Å². The summed E-state index contributed by atoms with van der Waals surface area (Å²) in [5.41, 5.74) is 0.424. The van der Waals surface area contributed by atoms with Gasteiger partial charge in [0.2, 0.25) is 0 Å². The van der Waals surface area contributed by atoms with Gasteiger partial charge >= 0.3 is 0 Å². The average molecular weight is 266 g/mol. The molecule has 1 aliphatic rings. The molecule has 0 aliphatic carbocycles. The van der Waals surface area contributed by atoms with Gasteiger partial charge in [-0.05, 0) is 24.7 Å². The maximum atomic E-state index is 2.44. The summed E-state index contributed by atoms with van der Waals surface area (Å²) in [5, 5.41) is 0.901. The summed E-state index contributed by atoms with van der Waals surface area (Å²) in [5.74, 6) is 0. The van der Waals surface area contributed by atoms with Crippen LogP contribution in [-0.4, -0.2) is 10.3 Å². The molecule has 0 aromatic heterocycles. The minimum absolute atomic E-state index is 0.0319. The van der Waals surface area contributed by atoms with Crippen LogP contribution < -0.4 is 0 Å². The summed E-state index contributed by atoms with van der Waals surface area (Å²) in [4.78, 5) is 1.43. The molecule has 0 nitrogen and oxygen atoms in total. The van der Waals surface area contributed by atoms with Crippen molar-refractivity contribution in [1.29, 1.82) is 0 Å². The smallest absolute Gasteiger partial charge is 0.0116 e. The zero-order valence-electron chi connectivity index (χ0n) is 11.7. The van der Waals surface area contributed by atoms with E-state index in [9.17, 15) is 0 Å². The van der Waals surface area contributed by atoms with Gasteiger partial charge in [0.05, 0.1) is 0 Å². The molecule has 0 spiro atoms. The third-order valence-electron chi connectivity index (χ3n) is 5.01. The molecular weight excluding hydrogens is 243 g/mol. The van der Waals surface area contributed by atoms with Gasteiger partial charge in [0, 0.05) is 15.2 Å². The first kappa shape index (κ1) is 13.4. The van der Waals surface area contributed by atoms with Gasteiger partial charge in [-0.1, -0.05) is 71.1 Å². The zero-order chi connectivity index (χ0) is 12.9. The zero-order valence-corrected chi connectivity index (χ0v) is 13.5. The molecule has 2 rings (SSSR count). The number of benzene rings is 1. The molecular formula is C15H23PS. The Morgan fingerprint density at radius 3 is 1.76 bits per heavy atom. The average Bonchev–Trinajstić information content (AvgIpc) is 2.26. The molecule has 1 aliphatic heterocycles. The Labute approximate surface area is 111 Å². The van der Waals surface area contributed by atoms with Crippen molar-refractivity contribution in [2.24, 2.45) is 5.41 Å². The van der Waals surface area contributed by atoms with Crippen molar-refractivity contribution in [3.63, 3.8) is 0 Å². The molecule has 0 atom stereocenters. The molecule has 0 amide bonds. The monoisotopic (exact) mass is 266 g/mol. The molecule has 0 saturated carbocycles. The lowest BCUT2D eigenvalue weighted by Crippen LogP contribution is -2.62. The van der Waals surface area contributed by atoms with Crippen molar-refractivity contribution in [2.75, 3.05) is 0 Å². The maximum absolute atomic E-state index is 2.44. The van der Waals surface area contributed by atoms with Crippen LogP contribution in [0.25, 0.3) is 0 Å². The second kappa shape index (κ2) is 4.00. The van der Waals surface area contributed by atoms with Crippen LogP contribution in [0.5, 0.6) is 0 Å². The molecule has 0 bridgehead atoms. The summed E-state index contributed by atoms with van der Waals surface area (Å²) < 4.78 is 0. The Morgan fingerprint density at radius 2 is 1.29 bits per heavy atom. The van der Waals surface area contributed by atoms with Gasteiger partial charge in [0.1, 0.15) is 0 Å². The van der Waals surface area contributed by atoms with E-state index in [1.54, 1.807) is 0 Å². The van der Waals surface area contributed by atoms with E-state index in [-0.39, 0.29) is 7.12 Å². The first-order valence-corrected chi connectivity index (χ1v) is 9.01. The minimum atomic E-state index is -0.0319. The van der Waals surface area contributed by atoms with E-state index in [2.05, 4.69) is 83.3 Å². The van der Waals surface area contributed by atoms with Crippen LogP contribution in [0.15, 0.2) is 35.2 Å². The highest BCUT2D eigenvalue weighted by Gasteiger charge is 2.67. The minimum Gasteiger partial charge on any atom is -0.0975 e. The van der Waals surface area contributed by atoms with Crippen LogP contribution in [0.3, 0.4) is 0 Å². The van der Waals surface area contributed by atoms with Gasteiger partial charge in [0.15, 0.2) is 0 Å². The second-order valence-corrected chi connectivity index (χ2v) is 11.6. The molecule has 94 valence electrons. The van der Waals surface area contributed by atoms with Crippen LogP contribution in [0.1, 0.15) is 41.5 Å². The predicted molar refractivity (Wildman–Crippen MR) is 81.2 cm³/mol. The quantitative estimate of drug-likeness (QED) is 0.612. The van der Waals surface area contributed by atoms with Crippen molar-refractivity contribution in [3.05, 3.63) is 30.3 Å². The number of hydrogen-bond acceptors (Lipinski definition) is 1. The fourth-order valence-electron chi connectivity index (χ4n) is 2.72. The summed E-state index contributed by atoms with van der Waals surface area (Å²) in [6.45, 7) is 14.6. The Bertz CT molecular complexity index is 388. The van der Waals surface area contributed by atoms with Gasteiger partial charge in [-0.2, -0.15) is 0 Å². The largest absolute Gasteiger partial charge is 0.0975 e. The molecule has 17 heavy (non-hydrogen) atoms. The lowest BCUT2D eigenvalue weighted by Gasteiger charge is -2.70. The third-order valence-corrected chi connectivity index (χ3v) is 12.7. The van der Waals surface area contributed by atoms with Crippen LogP contribution in [0.4, 0.5) is 0 Å². The fourth-order valence-corrected chi connectivity index (χ4v) is 10.2. The summed E-state index contributed by atoms with van der Waals surface area (Å²) >= 11 is 2.11. The Hall–Kier alpha value is 0. The molecule has 0 radical (unpaired) electrons. The Morgan fingerprint density at radius 1 is 0.824 bits per heavy atom. The van der Waals surface area contributed by atoms with Crippen molar-refractivity contribution >= 4 is 18.5 Å². The van der Waals surface area contributed by atoms with E-state index < -0.39 is 0 Å². The highest BCUT2D eigenvalue weighted by atomic mass is 32.7. The first-order chi connectivity index (χ1) is 7.71. The maximum Gasteiger partial charge on any atom is 0.0116 e. The lowest BCUT2D eigenvalue weighted by atomic mass is 9.69. The molecule has 0 N–H and O–H groups in total. The van der Waals surface area contributed by atoms with Crippen LogP contribution in [0, 0.1) is 5.41 Å². The predicted octanol–water partition coefficient (Wildman–Crippen LogP) is 5.77. The van der Waals surface area contributed by atoms with Gasteiger partial charge in [-0.25, -0.2) is 0 Å². The van der Waals surface area contributed by atoms with Crippen molar-refractivity contribution in [3.8, 4) is 0 Å². The molecule has 1 fully saturated rings. The molecule has 1 heterocycles. The number of hydrogen-bond donors (Lipinski definition) is 0. The van der Waals surface area contributed by atoms with E-state index >= 15 is 0 Å². The fraction of sp³-hybridized carbons (Fsp3) is 0.600. The van der Waals surface area contributed by atoms with Gasteiger partial charge < -0.3 is 0 Å². The summed E-state index contributed by atoms with van der Waals surface area (Å²) in [7, 11) is -0.0319. The topological polar surface area (TPSA) is 0 Å². The highest BCUT2D eigenvalue weighted by molar-refractivity contribution is 8.57. The molecule has 0 unspecified atom stereocenters. The van der Waals surface area contributed by atoms with Crippen molar-refractivity contribution in [2.45, 2.75) is 56.8 Å². The molecule has 1 aromatic carbocycles. The summed E-state index contributed by atoms with van der Waals surface area (Å²) in [6, 6.07) is 10.9. The first-order valence-electron chi connectivity index (χ1n) is 6.24. The standard InChI is InChI=1S/C15H23PS/c1-13(2)14(3,4)16(15(13,5)6)17-12-10-8-7-9-11-12/h7-11H,1-6H3. The van der Waals surface area contributed by atoms with Gasteiger partial charge in [-0.3, -0.25) is 0 Å². The van der Waals surface area contributed by atoms with E-state index in [1.165, 1.54) is 4.90 Å². The highest BCUT2D eigenvalue weighted by Crippen LogP contribution is 2.87. The van der Waals surface area contributed by atoms with Crippen LogP contribution in [-0.2, 0) is 0 Å². The SMILES string of the molecule is CC1(C)P(Sc2ccccc2)C(C)(C)C1(C)C. The second-order valence-electron chi connectivity index (χ2n) is 6.44. The molecule has 1 saturated heterocycles. The third kappa shape index (κ3) is 1.78. The molecule has 2 heteroatoms. The van der Waals surface area contributed by atoms with Crippen LogP contribution >= 0.6 is 18.5 Å². The van der Waals surface area contributed by atoms with Crippen molar-refractivity contribution in [1.82, 2.24) is 0 Å². The van der Waals surface area contributed by atoms with E-state index in [0.717, 1.165) is 0 Å². The summed E-state index contributed by atoms with van der Waals surface area (Å²) in [6.07, 6.45) is 0. The Kier molecular flexibility index (Phi) is 3.16. The Balaban J connectivity index is 2.24. The normalized spacial score (nSPS) is 25.3. The molecule has 1 aromatic rings. The van der Waals surface area contributed by atoms with E-state index in [4.69, 9.17) is 0 Å². The van der Waals surface area contributed by atoms with Crippen LogP contribution in [0.2, 0.25) is 0 Å². The lowest BCUT2D eigenvalue weighted by molar-refractivity contribution is 0.164.